The first-order chi connectivity index (χ1) is 10.8. The van der Waals surface area contributed by atoms with Crippen LogP contribution in [0.25, 0.3) is 23.0 Å². The highest BCUT2D eigenvalue weighted by Crippen LogP contribution is 2.23. The van der Waals surface area contributed by atoms with Crippen molar-refractivity contribution in [2.75, 3.05) is 0 Å². The van der Waals surface area contributed by atoms with Crippen molar-refractivity contribution < 1.29 is 9.26 Å². The van der Waals surface area contributed by atoms with Gasteiger partial charge in [-0.05, 0) is 19.4 Å². The SMILES string of the molecule is CC[C@@H](C)Oc1cc(-c2nc(-c3cnccn3)no2)ccn1. The van der Waals surface area contributed by atoms with Gasteiger partial charge in [0.2, 0.25) is 11.7 Å². The second-order valence-electron chi connectivity index (χ2n) is 4.73. The molecule has 0 radical (unpaired) electrons. The fourth-order valence-corrected chi connectivity index (χ4v) is 1.76. The van der Waals surface area contributed by atoms with Crippen LogP contribution in [-0.4, -0.2) is 31.2 Å². The molecule has 22 heavy (non-hydrogen) atoms. The molecule has 0 amide bonds. The smallest absolute Gasteiger partial charge is 0.258 e. The predicted octanol–water partition coefficient (Wildman–Crippen LogP) is 2.77. The molecule has 0 fully saturated rings. The summed E-state index contributed by atoms with van der Waals surface area (Å²) in [5.41, 5.74) is 1.30. The molecule has 0 aliphatic heterocycles. The van der Waals surface area contributed by atoms with E-state index in [1.165, 1.54) is 0 Å². The molecule has 3 rings (SSSR count). The average molecular weight is 297 g/mol. The van der Waals surface area contributed by atoms with Gasteiger partial charge in [-0.15, -0.1) is 0 Å². The maximum Gasteiger partial charge on any atom is 0.258 e. The fraction of sp³-hybridized carbons (Fsp3) is 0.267. The summed E-state index contributed by atoms with van der Waals surface area (Å²) in [6.45, 7) is 4.05. The minimum atomic E-state index is 0.0978. The van der Waals surface area contributed by atoms with Gasteiger partial charge < -0.3 is 9.26 Å². The second-order valence-corrected chi connectivity index (χ2v) is 4.73. The number of ether oxygens (including phenoxy) is 1. The van der Waals surface area contributed by atoms with Crippen LogP contribution in [0.5, 0.6) is 5.88 Å². The molecule has 3 aromatic heterocycles. The molecule has 3 aromatic rings. The van der Waals surface area contributed by atoms with E-state index in [4.69, 9.17) is 9.26 Å². The van der Waals surface area contributed by atoms with Gasteiger partial charge in [-0.2, -0.15) is 4.98 Å². The lowest BCUT2D eigenvalue weighted by atomic mass is 10.2. The molecule has 0 saturated carbocycles. The lowest BCUT2D eigenvalue weighted by Crippen LogP contribution is -2.10. The van der Waals surface area contributed by atoms with Crippen molar-refractivity contribution in [2.24, 2.45) is 0 Å². The van der Waals surface area contributed by atoms with Crippen molar-refractivity contribution in [3.05, 3.63) is 36.9 Å². The highest BCUT2D eigenvalue weighted by molar-refractivity contribution is 5.57. The number of aromatic nitrogens is 5. The zero-order valence-corrected chi connectivity index (χ0v) is 12.3. The van der Waals surface area contributed by atoms with E-state index in [1.54, 1.807) is 36.9 Å². The first-order valence-electron chi connectivity index (χ1n) is 6.99. The normalized spacial score (nSPS) is 12.1. The highest BCUT2D eigenvalue weighted by Gasteiger charge is 2.13. The summed E-state index contributed by atoms with van der Waals surface area (Å²) >= 11 is 0. The second kappa shape index (κ2) is 6.30. The minimum Gasteiger partial charge on any atom is -0.475 e. The van der Waals surface area contributed by atoms with Gasteiger partial charge in [0.25, 0.3) is 5.89 Å². The average Bonchev–Trinajstić information content (AvgIpc) is 3.06. The third-order valence-corrected chi connectivity index (χ3v) is 3.10. The van der Waals surface area contributed by atoms with Crippen LogP contribution in [0.3, 0.4) is 0 Å². The molecule has 0 N–H and O–H groups in total. The van der Waals surface area contributed by atoms with Crippen molar-refractivity contribution in [2.45, 2.75) is 26.4 Å². The molecule has 0 unspecified atom stereocenters. The molecule has 0 saturated heterocycles. The van der Waals surface area contributed by atoms with Gasteiger partial charge in [-0.3, -0.25) is 4.98 Å². The zero-order valence-electron chi connectivity index (χ0n) is 12.3. The van der Waals surface area contributed by atoms with E-state index < -0.39 is 0 Å². The molecule has 112 valence electrons. The zero-order chi connectivity index (χ0) is 15.4. The van der Waals surface area contributed by atoms with Crippen LogP contribution in [0, 0.1) is 0 Å². The first kappa shape index (κ1) is 14.1. The van der Waals surface area contributed by atoms with Crippen molar-refractivity contribution >= 4 is 0 Å². The van der Waals surface area contributed by atoms with Gasteiger partial charge in [-0.25, -0.2) is 9.97 Å². The topological polar surface area (TPSA) is 86.8 Å². The Labute approximate surface area is 127 Å². The molecule has 0 bridgehead atoms. The largest absolute Gasteiger partial charge is 0.475 e. The van der Waals surface area contributed by atoms with Crippen molar-refractivity contribution in [3.8, 4) is 28.9 Å². The Kier molecular flexibility index (Phi) is 4.04. The van der Waals surface area contributed by atoms with Gasteiger partial charge in [0, 0.05) is 30.2 Å². The Balaban J connectivity index is 1.86. The molecule has 0 aliphatic carbocycles. The highest BCUT2D eigenvalue weighted by atomic mass is 16.5. The number of nitrogens with zero attached hydrogens (tertiary/aromatic N) is 5. The maximum absolute atomic E-state index is 5.69. The maximum atomic E-state index is 5.69. The molecule has 3 heterocycles. The number of rotatable bonds is 5. The van der Waals surface area contributed by atoms with Gasteiger partial charge in [-0.1, -0.05) is 12.1 Å². The van der Waals surface area contributed by atoms with E-state index in [9.17, 15) is 0 Å². The summed E-state index contributed by atoms with van der Waals surface area (Å²) in [6.07, 6.45) is 7.41. The van der Waals surface area contributed by atoms with Crippen molar-refractivity contribution in [1.82, 2.24) is 25.1 Å². The van der Waals surface area contributed by atoms with Crippen LogP contribution in [0.15, 0.2) is 41.4 Å². The number of hydrogen-bond acceptors (Lipinski definition) is 7. The van der Waals surface area contributed by atoms with Crippen LogP contribution in [0.1, 0.15) is 20.3 Å². The third kappa shape index (κ3) is 3.08. The van der Waals surface area contributed by atoms with Crippen LogP contribution < -0.4 is 4.74 Å². The molecule has 7 nitrogen and oxygen atoms in total. The summed E-state index contributed by atoms with van der Waals surface area (Å²) in [5.74, 6) is 1.31. The van der Waals surface area contributed by atoms with Crippen LogP contribution in [-0.2, 0) is 0 Å². The van der Waals surface area contributed by atoms with E-state index in [2.05, 4.69) is 32.0 Å². The summed E-state index contributed by atoms with van der Waals surface area (Å²) in [7, 11) is 0. The molecular weight excluding hydrogens is 282 g/mol. The molecule has 1 atom stereocenters. The summed E-state index contributed by atoms with van der Waals surface area (Å²) in [4.78, 5) is 16.6. The van der Waals surface area contributed by atoms with E-state index in [1.807, 2.05) is 6.92 Å². The Morgan fingerprint density at radius 1 is 1.23 bits per heavy atom. The van der Waals surface area contributed by atoms with E-state index in [-0.39, 0.29) is 6.10 Å². The number of pyridine rings is 1. The summed E-state index contributed by atoms with van der Waals surface area (Å²) < 4.78 is 11.0. The van der Waals surface area contributed by atoms with Crippen molar-refractivity contribution in [3.63, 3.8) is 0 Å². The summed E-state index contributed by atoms with van der Waals surface area (Å²) in [6, 6.07) is 3.57. The number of hydrogen-bond donors (Lipinski definition) is 0. The van der Waals surface area contributed by atoms with Gasteiger partial charge in [0.1, 0.15) is 5.69 Å². The van der Waals surface area contributed by atoms with Crippen LogP contribution >= 0.6 is 0 Å². The molecule has 0 aliphatic rings. The quantitative estimate of drug-likeness (QED) is 0.715. The first-order valence-corrected chi connectivity index (χ1v) is 6.99. The Morgan fingerprint density at radius 2 is 2.14 bits per heavy atom. The van der Waals surface area contributed by atoms with E-state index in [0.717, 1.165) is 12.0 Å². The van der Waals surface area contributed by atoms with Crippen LogP contribution in [0.4, 0.5) is 0 Å². The molecular formula is C15H15N5O2. The Bertz CT molecular complexity index is 744. The molecule has 7 heteroatoms. The Hall–Kier alpha value is -2.83. The fourth-order valence-electron chi connectivity index (χ4n) is 1.76. The molecule has 0 aromatic carbocycles. The monoisotopic (exact) mass is 297 g/mol. The Morgan fingerprint density at radius 3 is 2.91 bits per heavy atom. The molecule has 0 spiro atoms. The van der Waals surface area contributed by atoms with E-state index in [0.29, 0.717) is 23.3 Å². The van der Waals surface area contributed by atoms with Crippen molar-refractivity contribution in [1.29, 1.82) is 0 Å². The minimum absolute atomic E-state index is 0.0978. The lowest BCUT2D eigenvalue weighted by molar-refractivity contribution is 0.208. The van der Waals surface area contributed by atoms with Crippen LogP contribution in [0.2, 0.25) is 0 Å². The summed E-state index contributed by atoms with van der Waals surface area (Å²) in [5, 5.41) is 3.92. The van der Waals surface area contributed by atoms with E-state index >= 15 is 0 Å². The third-order valence-electron chi connectivity index (χ3n) is 3.10. The standard InChI is InChI=1S/C15H15N5O2/c1-3-10(2)21-13-8-11(4-5-18-13)15-19-14(20-22-15)12-9-16-6-7-17-12/h4-10H,3H2,1-2H3/t10-/m1/s1. The van der Waals surface area contributed by atoms with Gasteiger partial charge in [0.15, 0.2) is 0 Å². The predicted molar refractivity (Wildman–Crippen MR) is 78.9 cm³/mol. The lowest BCUT2D eigenvalue weighted by Gasteiger charge is -2.11. The van der Waals surface area contributed by atoms with Gasteiger partial charge >= 0.3 is 0 Å². The van der Waals surface area contributed by atoms with Gasteiger partial charge in [0.05, 0.1) is 12.3 Å².